The summed E-state index contributed by atoms with van der Waals surface area (Å²) in [5.74, 6) is -0.899. The molecule has 0 saturated heterocycles. The van der Waals surface area contributed by atoms with Gasteiger partial charge in [-0.3, -0.25) is 0 Å². The molecule has 0 aromatic carbocycles. The van der Waals surface area contributed by atoms with E-state index >= 15 is 0 Å². The normalized spacial score (nSPS) is 12.1. The van der Waals surface area contributed by atoms with Crippen LogP contribution in [0, 0.1) is 0 Å². The summed E-state index contributed by atoms with van der Waals surface area (Å²) in [6.45, 7) is 0. The lowest BCUT2D eigenvalue weighted by molar-refractivity contribution is -0.146. The molecule has 0 aliphatic heterocycles. The summed E-state index contributed by atoms with van der Waals surface area (Å²) in [7, 11) is 1.29. The fourth-order valence-corrected chi connectivity index (χ4v) is 0.922. The minimum absolute atomic E-state index is 0.310. The van der Waals surface area contributed by atoms with Crippen molar-refractivity contribution >= 4 is 15.9 Å². The second-order valence-corrected chi connectivity index (χ2v) is 2.77. The number of hydrogen-bond acceptors (Lipinski definition) is 1. The molecule has 0 bridgehead atoms. The van der Waals surface area contributed by atoms with E-state index in [0.29, 0.717) is 4.60 Å². The highest BCUT2D eigenvalue weighted by molar-refractivity contribution is 9.10. The molecule has 0 saturated carbocycles. The second-order valence-electron chi connectivity index (χ2n) is 1.96. The van der Waals surface area contributed by atoms with Gasteiger partial charge in [-0.25, -0.2) is 4.98 Å². The molecule has 0 atom stereocenters. The van der Waals surface area contributed by atoms with E-state index in [0.717, 1.165) is 10.8 Å². The van der Waals surface area contributed by atoms with E-state index in [9.17, 15) is 13.2 Å². The number of imidazole rings is 1. The van der Waals surface area contributed by atoms with Crippen molar-refractivity contribution in [2.75, 3.05) is 0 Å². The van der Waals surface area contributed by atoms with E-state index in [4.69, 9.17) is 0 Å². The number of rotatable bonds is 0. The zero-order valence-corrected chi connectivity index (χ0v) is 7.07. The molecule has 1 aromatic heterocycles. The molecule has 1 heterocycles. The van der Waals surface area contributed by atoms with Crippen molar-refractivity contribution in [2.45, 2.75) is 6.18 Å². The first-order valence-electron chi connectivity index (χ1n) is 2.67. The number of alkyl halides is 3. The summed E-state index contributed by atoms with van der Waals surface area (Å²) >= 11 is 2.91. The molecule has 1 rings (SSSR count). The standard InChI is InChI=1S/C5H4BrF3N2/c1-11-3(6)2-10-4(11)5(7,8)9/h2H,1H3. The van der Waals surface area contributed by atoms with Gasteiger partial charge in [0.15, 0.2) is 0 Å². The third-order valence-electron chi connectivity index (χ3n) is 1.19. The molecule has 0 N–H and O–H groups in total. The van der Waals surface area contributed by atoms with Crippen LogP contribution in [0.15, 0.2) is 10.8 Å². The molecule has 0 aliphatic carbocycles. The highest BCUT2D eigenvalue weighted by Crippen LogP contribution is 2.29. The topological polar surface area (TPSA) is 17.8 Å². The Hall–Kier alpha value is -0.520. The van der Waals surface area contributed by atoms with Crippen molar-refractivity contribution in [1.82, 2.24) is 9.55 Å². The summed E-state index contributed by atoms with van der Waals surface area (Å²) in [6.07, 6.45) is -3.26. The maximum Gasteiger partial charge on any atom is 0.449 e. The van der Waals surface area contributed by atoms with Gasteiger partial charge < -0.3 is 4.57 Å². The van der Waals surface area contributed by atoms with E-state index in [1.165, 1.54) is 7.05 Å². The van der Waals surface area contributed by atoms with E-state index in [-0.39, 0.29) is 0 Å². The van der Waals surface area contributed by atoms with Crippen LogP contribution in [0.2, 0.25) is 0 Å². The van der Waals surface area contributed by atoms with Crippen molar-refractivity contribution in [3.8, 4) is 0 Å². The summed E-state index contributed by atoms with van der Waals surface area (Å²) in [5.41, 5.74) is 0. The van der Waals surface area contributed by atoms with Gasteiger partial charge >= 0.3 is 6.18 Å². The van der Waals surface area contributed by atoms with Crippen LogP contribution in [0.3, 0.4) is 0 Å². The van der Waals surface area contributed by atoms with E-state index in [1.54, 1.807) is 0 Å². The average Bonchev–Trinajstić information content (AvgIpc) is 2.11. The van der Waals surface area contributed by atoms with Gasteiger partial charge in [0, 0.05) is 7.05 Å². The molecule has 2 nitrogen and oxygen atoms in total. The Balaban J connectivity index is 3.15. The first kappa shape index (κ1) is 8.58. The third kappa shape index (κ3) is 1.55. The van der Waals surface area contributed by atoms with Crippen molar-refractivity contribution < 1.29 is 13.2 Å². The molecule has 0 aliphatic rings. The van der Waals surface area contributed by atoms with Gasteiger partial charge in [-0.15, -0.1) is 0 Å². The van der Waals surface area contributed by atoms with Gasteiger partial charge in [-0.1, -0.05) is 0 Å². The van der Waals surface area contributed by atoms with Crippen molar-refractivity contribution in [3.63, 3.8) is 0 Å². The highest BCUT2D eigenvalue weighted by atomic mass is 79.9. The predicted molar refractivity (Wildman–Crippen MR) is 35.9 cm³/mol. The van der Waals surface area contributed by atoms with Crippen LogP contribution in [-0.2, 0) is 13.2 Å². The molecule has 1 aromatic rings. The Morgan fingerprint density at radius 1 is 1.55 bits per heavy atom. The summed E-state index contributed by atoms with van der Waals surface area (Å²) in [6, 6.07) is 0. The molecule has 62 valence electrons. The molecule has 6 heteroatoms. The summed E-state index contributed by atoms with van der Waals surface area (Å²) < 4.78 is 37.1. The largest absolute Gasteiger partial charge is 0.449 e. The Bertz CT molecular complexity index is 265. The van der Waals surface area contributed by atoms with Crippen LogP contribution in [0.1, 0.15) is 5.82 Å². The fourth-order valence-electron chi connectivity index (χ4n) is 0.652. The van der Waals surface area contributed by atoms with Crippen LogP contribution < -0.4 is 0 Å². The Labute approximate surface area is 69.2 Å². The van der Waals surface area contributed by atoms with Gasteiger partial charge in [0.1, 0.15) is 4.60 Å². The predicted octanol–water partition coefficient (Wildman–Crippen LogP) is 2.20. The number of nitrogens with zero attached hydrogens (tertiary/aromatic N) is 2. The molecular weight excluding hydrogens is 225 g/mol. The average molecular weight is 229 g/mol. The lowest BCUT2D eigenvalue weighted by Crippen LogP contribution is -2.12. The van der Waals surface area contributed by atoms with Gasteiger partial charge in [0.2, 0.25) is 5.82 Å². The Morgan fingerprint density at radius 2 is 2.09 bits per heavy atom. The highest BCUT2D eigenvalue weighted by Gasteiger charge is 2.36. The third-order valence-corrected chi connectivity index (χ3v) is 1.92. The molecule has 0 unspecified atom stereocenters. The lowest BCUT2D eigenvalue weighted by Gasteiger charge is -2.05. The van der Waals surface area contributed by atoms with Crippen LogP contribution >= 0.6 is 15.9 Å². The molecule has 11 heavy (non-hydrogen) atoms. The molecule has 0 spiro atoms. The quantitative estimate of drug-likeness (QED) is 0.666. The van der Waals surface area contributed by atoms with E-state index in [2.05, 4.69) is 20.9 Å². The first-order chi connectivity index (χ1) is 4.93. The van der Waals surface area contributed by atoms with E-state index in [1.807, 2.05) is 0 Å². The van der Waals surface area contributed by atoms with Gasteiger partial charge in [0.25, 0.3) is 0 Å². The van der Waals surface area contributed by atoms with Crippen molar-refractivity contribution in [1.29, 1.82) is 0 Å². The minimum atomic E-state index is -4.37. The SMILES string of the molecule is Cn1c(Br)cnc1C(F)(F)F. The second kappa shape index (κ2) is 2.51. The smallest absolute Gasteiger partial charge is 0.318 e. The van der Waals surface area contributed by atoms with Crippen molar-refractivity contribution in [2.24, 2.45) is 7.05 Å². The van der Waals surface area contributed by atoms with Gasteiger partial charge in [-0.05, 0) is 15.9 Å². The van der Waals surface area contributed by atoms with Gasteiger partial charge in [-0.2, -0.15) is 13.2 Å². The van der Waals surface area contributed by atoms with Crippen LogP contribution in [-0.4, -0.2) is 9.55 Å². The van der Waals surface area contributed by atoms with Crippen molar-refractivity contribution in [3.05, 3.63) is 16.6 Å². The molecule has 0 radical (unpaired) electrons. The monoisotopic (exact) mass is 228 g/mol. The lowest BCUT2D eigenvalue weighted by atomic mass is 10.6. The van der Waals surface area contributed by atoms with Crippen LogP contribution in [0.25, 0.3) is 0 Å². The van der Waals surface area contributed by atoms with E-state index < -0.39 is 12.0 Å². The Kier molecular flexibility index (Phi) is 1.96. The molecule has 0 amide bonds. The van der Waals surface area contributed by atoms with Gasteiger partial charge in [0.05, 0.1) is 6.20 Å². The molecular formula is C5H4BrF3N2. The minimum Gasteiger partial charge on any atom is -0.318 e. The summed E-state index contributed by atoms with van der Waals surface area (Å²) in [4.78, 5) is 3.18. The fraction of sp³-hybridized carbons (Fsp3) is 0.400. The first-order valence-corrected chi connectivity index (χ1v) is 3.46. The maximum atomic E-state index is 12.0. The summed E-state index contributed by atoms with van der Waals surface area (Å²) in [5, 5.41) is 0. The maximum absolute atomic E-state index is 12.0. The number of aromatic nitrogens is 2. The Morgan fingerprint density at radius 3 is 2.27 bits per heavy atom. The molecule has 0 fully saturated rings. The van der Waals surface area contributed by atoms with Crippen LogP contribution in [0.5, 0.6) is 0 Å². The van der Waals surface area contributed by atoms with Crippen LogP contribution in [0.4, 0.5) is 13.2 Å². The number of hydrogen-bond donors (Lipinski definition) is 0. The number of halogens is 4. The zero-order valence-electron chi connectivity index (χ0n) is 5.48. The zero-order chi connectivity index (χ0) is 8.65.